The number of nitrogens with zero attached hydrogens (tertiary/aromatic N) is 1. The fourth-order valence-corrected chi connectivity index (χ4v) is 6.53. The van der Waals surface area contributed by atoms with Crippen LogP contribution in [0.25, 0.3) is 0 Å². The molecular formula is C18H38NO2P. The Morgan fingerprint density at radius 3 is 1.77 bits per heavy atom. The van der Waals surface area contributed by atoms with Crippen molar-refractivity contribution < 1.29 is 9.77 Å². The first-order valence-corrected chi connectivity index (χ1v) is 11.2. The largest absolute Gasteiger partial charge is 0.411 e. The maximum Gasteiger partial charge on any atom is 0.0934 e. The maximum atomic E-state index is 13.7. The third-order valence-electron chi connectivity index (χ3n) is 4.71. The van der Waals surface area contributed by atoms with Gasteiger partial charge in [-0.2, -0.15) is 0 Å². The first-order chi connectivity index (χ1) is 10.3. The molecule has 0 saturated carbocycles. The Morgan fingerprint density at radius 2 is 1.41 bits per heavy atom. The van der Waals surface area contributed by atoms with Gasteiger partial charge in [0.25, 0.3) is 0 Å². The lowest BCUT2D eigenvalue weighted by Gasteiger charge is -2.35. The summed E-state index contributed by atoms with van der Waals surface area (Å²) in [6, 6.07) is 0. The zero-order chi connectivity index (χ0) is 17.1. The van der Waals surface area contributed by atoms with Gasteiger partial charge in [0.2, 0.25) is 0 Å². The molecule has 1 N–H and O–H groups in total. The minimum Gasteiger partial charge on any atom is -0.411 e. The van der Waals surface area contributed by atoms with Crippen molar-refractivity contribution in [3.63, 3.8) is 0 Å². The lowest BCUT2D eigenvalue weighted by Crippen LogP contribution is -2.27. The molecule has 0 spiro atoms. The molecule has 0 bridgehead atoms. The third-order valence-corrected chi connectivity index (χ3v) is 9.15. The lowest BCUT2D eigenvalue weighted by molar-refractivity contribution is 0.316. The Balaban J connectivity index is 4.83. The van der Waals surface area contributed by atoms with Crippen LogP contribution in [0.1, 0.15) is 92.4 Å². The molecule has 0 heterocycles. The van der Waals surface area contributed by atoms with Crippen molar-refractivity contribution in [2.45, 2.75) is 97.6 Å². The van der Waals surface area contributed by atoms with Crippen LogP contribution in [0.3, 0.4) is 0 Å². The van der Waals surface area contributed by atoms with E-state index < -0.39 is 7.14 Å². The van der Waals surface area contributed by atoms with Gasteiger partial charge in [0.15, 0.2) is 0 Å². The minimum absolute atomic E-state index is 0.262. The molecule has 0 aliphatic carbocycles. The van der Waals surface area contributed by atoms with Crippen LogP contribution in [-0.2, 0) is 4.57 Å². The highest BCUT2D eigenvalue weighted by Gasteiger charge is 2.39. The molecule has 0 aromatic carbocycles. The minimum atomic E-state index is -2.26. The van der Waals surface area contributed by atoms with Crippen molar-refractivity contribution in [2.24, 2.45) is 5.16 Å². The van der Waals surface area contributed by atoms with Gasteiger partial charge in [-0.05, 0) is 19.8 Å². The van der Waals surface area contributed by atoms with E-state index in [0.717, 1.165) is 25.2 Å². The highest BCUT2D eigenvalue weighted by atomic mass is 31.2. The van der Waals surface area contributed by atoms with Crippen LogP contribution < -0.4 is 0 Å². The molecule has 0 fully saturated rings. The molecule has 3 nitrogen and oxygen atoms in total. The van der Waals surface area contributed by atoms with Crippen molar-refractivity contribution in [3.05, 3.63) is 0 Å². The first kappa shape index (κ1) is 21.7. The molecule has 0 aliphatic heterocycles. The molecule has 0 unspecified atom stereocenters. The zero-order valence-electron chi connectivity index (χ0n) is 15.5. The van der Waals surface area contributed by atoms with Crippen molar-refractivity contribution in [1.29, 1.82) is 0 Å². The molecule has 0 aromatic rings. The van der Waals surface area contributed by atoms with E-state index in [1.54, 1.807) is 0 Å². The van der Waals surface area contributed by atoms with E-state index in [-0.39, 0.29) is 5.16 Å². The van der Waals surface area contributed by atoms with Gasteiger partial charge in [0.1, 0.15) is 0 Å². The monoisotopic (exact) mass is 331 g/mol. The molecule has 0 radical (unpaired) electrons. The number of rotatable bonds is 13. The van der Waals surface area contributed by atoms with Gasteiger partial charge in [0, 0.05) is 23.9 Å². The zero-order valence-corrected chi connectivity index (χ0v) is 16.4. The van der Waals surface area contributed by atoms with Crippen LogP contribution in [0.5, 0.6) is 0 Å². The molecule has 0 saturated heterocycles. The SMILES string of the molecule is CCCCCCP(=O)(CCCCCC)C(C)(C)CC(C)=NO. The predicted octanol–water partition coefficient (Wildman–Crippen LogP) is 6.53. The number of unbranched alkanes of at least 4 members (excludes halogenated alkanes) is 6. The van der Waals surface area contributed by atoms with Crippen molar-refractivity contribution >= 4 is 12.9 Å². The summed E-state index contributed by atoms with van der Waals surface area (Å²) >= 11 is 0. The van der Waals surface area contributed by atoms with Gasteiger partial charge in [-0.25, -0.2) is 0 Å². The average molecular weight is 331 g/mol. The molecular weight excluding hydrogens is 293 g/mol. The fraction of sp³-hybridized carbons (Fsp3) is 0.944. The standard InChI is InChI=1S/C18H38NO2P/c1-6-8-10-12-14-22(21,15-13-11-9-7-2)18(4,5)16-17(3)19-20/h20H,6-16H2,1-5H3. The quantitative estimate of drug-likeness (QED) is 0.137. The van der Waals surface area contributed by atoms with Gasteiger partial charge in [-0.15, -0.1) is 0 Å². The van der Waals surface area contributed by atoms with Crippen LogP contribution in [0, 0.1) is 0 Å². The van der Waals surface area contributed by atoms with Crippen molar-refractivity contribution in [2.75, 3.05) is 12.3 Å². The molecule has 0 aliphatic rings. The second-order valence-corrected chi connectivity index (χ2v) is 11.2. The van der Waals surface area contributed by atoms with Gasteiger partial charge in [-0.1, -0.05) is 71.4 Å². The van der Waals surface area contributed by atoms with Crippen LogP contribution in [0.4, 0.5) is 0 Å². The van der Waals surface area contributed by atoms with E-state index in [9.17, 15) is 4.57 Å². The predicted molar refractivity (Wildman–Crippen MR) is 99.2 cm³/mol. The van der Waals surface area contributed by atoms with E-state index in [4.69, 9.17) is 5.21 Å². The van der Waals surface area contributed by atoms with E-state index in [0.29, 0.717) is 12.1 Å². The van der Waals surface area contributed by atoms with Crippen LogP contribution in [-0.4, -0.2) is 28.4 Å². The Morgan fingerprint density at radius 1 is 0.955 bits per heavy atom. The van der Waals surface area contributed by atoms with Gasteiger partial charge < -0.3 is 9.77 Å². The van der Waals surface area contributed by atoms with E-state index >= 15 is 0 Å². The molecule has 132 valence electrons. The second-order valence-electron chi connectivity index (χ2n) is 7.28. The molecule has 0 amide bonds. The Labute approximate surface area is 138 Å². The van der Waals surface area contributed by atoms with Gasteiger partial charge >= 0.3 is 0 Å². The first-order valence-electron chi connectivity index (χ1n) is 9.08. The molecule has 0 atom stereocenters. The van der Waals surface area contributed by atoms with Crippen LogP contribution in [0.15, 0.2) is 5.16 Å². The number of hydrogen-bond acceptors (Lipinski definition) is 3. The molecule has 0 rings (SSSR count). The summed E-state index contributed by atoms with van der Waals surface area (Å²) in [4.78, 5) is 0. The third kappa shape index (κ3) is 7.81. The number of oxime groups is 1. The van der Waals surface area contributed by atoms with Gasteiger partial charge in [-0.3, -0.25) is 0 Å². The Hall–Kier alpha value is -0.300. The highest BCUT2D eigenvalue weighted by molar-refractivity contribution is 7.65. The Kier molecular flexibility index (Phi) is 11.1. The summed E-state index contributed by atoms with van der Waals surface area (Å²) in [5, 5.41) is 12.0. The van der Waals surface area contributed by atoms with Crippen LogP contribution in [0.2, 0.25) is 0 Å². The van der Waals surface area contributed by atoms with Crippen molar-refractivity contribution in [1.82, 2.24) is 0 Å². The second kappa shape index (κ2) is 11.3. The summed E-state index contributed by atoms with van der Waals surface area (Å²) in [7, 11) is -2.26. The van der Waals surface area contributed by atoms with Gasteiger partial charge in [0.05, 0.1) is 12.9 Å². The summed E-state index contributed by atoms with van der Waals surface area (Å²) < 4.78 is 13.7. The van der Waals surface area contributed by atoms with Crippen LogP contribution >= 0.6 is 7.14 Å². The van der Waals surface area contributed by atoms with Crippen molar-refractivity contribution in [3.8, 4) is 0 Å². The summed E-state index contributed by atoms with van der Waals surface area (Å²) in [6.07, 6.45) is 11.7. The average Bonchev–Trinajstić information content (AvgIpc) is 2.47. The summed E-state index contributed by atoms with van der Waals surface area (Å²) in [5.41, 5.74) is 0.687. The van der Waals surface area contributed by atoms with E-state index in [2.05, 4.69) is 32.9 Å². The topological polar surface area (TPSA) is 49.7 Å². The molecule has 4 heteroatoms. The highest BCUT2D eigenvalue weighted by Crippen LogP contribution is 2.60. The smallest absolute Gasteiger partial charge is 0.0934 e. The van der Waals surface area contributed by atoms with E-state index in [1.165, 1.54) is 38.5 Å². The lowest BCUT2D eigenvalue weighted by atomic mass is 10.1. The normalized spacial score (nSPS) is 13.6. The Bertz CT molecular complexity index is 348. The fourth-order valence-electron chi connectivity index (χ4n) is 3.11. The summed E-state index contributed by atoms with van der Waals surface area (Å²) in [5.74, 6) is 0. The maximum absolute atomic E-state index is 13.7. The molecule has 0 aromatic heterocycles. The van der Waals surface area contributed by atoms with E-state index in [1.807, 2.05) is 6.92 Å². The molecule has 22 heavy (non-hydrogen) atoms. The number of hydrogen-bond donors (Lipinski definition) is 1. The summed E-state index contributed by atoms with van der Waals surface area (Å²) in [6.45, 7) is 10.4.